The molecule has 1 aliphatic rings. The lowest BCUT2D eigenvalue weighted by molar-refractivity contribution is 0.0532. The second-order valence-corrected chi connectivity index (χ2v) is 8.69. The average molecular weight is 457 g/mol. The maximum atomic E-state index is 13.4. The lowest BCUT2D eigenvalue weighted by Crippen LogP contribution is -2.27. The monoisotopic (exact) mass is 456 g/mol. The summed E-state index contributed by atoms with van der Waals surface area (Å²) in [4.78, 5) is 4.59. The second-order valence-electron chi connectivity index (χ2n) is 8.69. The zero-order valence-corrected chi connectivity index (χ0v) is 18.9. The van der Waals surface area contributed by atoms with Crippen LogP contribution in [0.25, 0.3) is 11.4 Å². The van der Waals surface area contributed by atoms with Crippen molar-refractivity contribution in [3.05, 3.63) is 64.8 Å². The molecule has 2 aromatic carbocycles. The molecule has 2 N–H and O–H groups in total. The van der Waals surface area contributed by atoms with Crippen molar-refractivity contribution in [3.63, 3.8) is 0 Å². The molecule has 1 unspecified atom stereocenters. The third kappa shape index (κ3) is 5.24. The van der Waals surface area contributed by atoms with Gasteiger partial charge in [0.05, 0.1) is 13.2 Å². The summed E-state index contributed by atoms with van der Waals surface area (Å²) in [6, 6.07) is 10.5. The Labute approximate surface area is 192 Å². The van der Waals surface area contributed by atoms with Gasteiger partial charge >= 0.3 is 0 Å². The summed E-state index contributed by atoms with van der Waals surface area (Å²) < 4.78 is 30.3. The number of halogens is 1. The number of aliphatic hydroxyl groups is 2. The molecule has 1 aromatic heterocycles. The maximum absolute atomic E-state index is 13.4. The molecule has 1 fully saturated rings. The van der Waals surface area contributed by atoms with E-state index in [1.165, 1.54) is 12.1 Å². The molecule has 8 heteroatoms. The van der Waals surface area contributed by atoms with Gasteiger partial charge in [-0.05, 0) is 67.6 Å². The Morgan fingerprint density at radius 3 is 2.55 bits per heavy atom. The Morgan fingerprint density at radius 2 is 1.91 bits per heavy atom. The molecule has 4 rings (SSSR count). The Kier molecular flexibility index (Phi) is 7.07. The maximum Gasteiger partial charge on any atom is 0.226 e. The summed E-state index contributed by atoms with van der Waals surface area (Å²) in [7, 11) is 0. The van der Waals surface area contributed by atoms with Gasteiger partial charge in [-0.2, -0.15) is 4.98 Å². The fourth-order valence-corrected chi connectivity index (χ4v) is 4.34. The number of nitrogens with zero attached hydrogens (tertiary/aromatic N) is 2. The summed E-state index contributed by atoms with van der Waals surface area (Å²) in [5.41, 5.74) is 3.44. The van der Waals surface area contributed by atoms with E-state index in [9.17, 15) is 9.50 Å². The molecule has 2 heterocycles. The van der Waals surface area contributed by atoms with Crippen LogP contribution < -0.4 is 4.74 Å². The SMILES string of the molecule is Cc1cc(-c2noc(CCC3(c4ccc(F)cc4)CCOC3)n2)cc(C)c1OC[C@@H](O)CO. The van der Waals surface area contributed by atoms with Gasteiger partial charge in [0.25, 0.3) is 0 Å². The van der Waals surface area contributed by atoms with Crippen LogP contribution in [0.1, 0.15) is 35.4 Å². The van der Waals surface area contributed by atoms with Crippen LogP contribution in [0, 0.1) is 19.7 Å². The first kappa shape index (κ1) is 23.4. The smallest absolute Gasteiger partial charge is 0.226 e. The van der Waals surface area contributed by atoms with Crippen LogP contribution in [0.2, 0.25) is 0 Å². The fraction of sp³-hybridized carbons (Fsp3) is 0.440. The van der Waals surface area contributed by atoms with Gasteiger partial charge in [-0.1, -0.05) is 17.3 Å². The van der Waals surface area contributed by atoms with Crippen molar-refractivity contribution in [2.45, 2.75) is 44.6 Å². The lowest BCUT2D eigenvalue weighted by atomic mass is 9.76. The average Bonchev–Trinajstić information content (AvgIpc) is 3.48. The van der Waals surface area contributed by atoms with Crippen LogP contribution in [-0.2, 0) is 16.6 Å². The van der Waals surface area contributed by atoms with Crippen molar-refractivity contribution >= 4 is 0 Å². The summed E-state index contributed by atoms with van der Waals surface area (Å²) in [5.74, 6) is 1.45. The molecule has 7 nitrogen and oxygen atoms in total. The minimum atomic E-state index is -0.924. The Morgan fingerprint density at radius 1 is 1.18 bits per heavy atom. The van der Waals surface area contributed by atoms with E-state index < -0.39 is 6.10 Å². The highest BCUT2D eigenvalue weighted by Crippen LogP contribution is 2.38. The molecule has 1 aliphatic heterocycles. The first-order valence-corrected chi connectivity index (χ1v) is 11.1. The van der Waals surface area contributed by atoms with E-state index >= 15 is 0 Å². The van der Waals surface area contributed by atoms with E-state index in [2.05, 4.69) is 10.1 Å². The van der Waals surface area contributed by atoms with Gasteiger partial charge in [-0.15, -0.1) is 0 Å². The molecular weight excluding hydrogens is 427 g/mol. The van der Waals surface area contributed by atoms with E-state index in [0.717, 1.165) is 35.1 Å². The van der Waals surface area contributed by atoms with Crippen LogP contribution in [0.5, 0.6) is 5.75 Å². The topological polar surface area (TPSA) is 97.8 Å². The number of aromatic nitrogens is 2. The van der Waals surface area contributed by atoms with Crippen LogP contribution in [0.15, 0.2) is 40.9 Å². The Bertz CT molecular complexity index is 1050. The van der Waals surface area contributed by atoms with Gasteiger partial charge in [0, 0.05) is 24.0 Å². The number of ether oxygens (including phenoxy) is 2. The first-order valence-electron chi connectivity index (χ1n) is 11.1. The molecule has 176 valence electrons. The lowest BCUT2D eigenvalue weighted by Gasteiger charge is -2.27. The molecule has 0 bridgehead atoms. The van der Waals surface area contributed by atoms with Crippen molar-refractivity contribution < 1.29 is 28.6 Å². The molecule has 0 aliphatic carbocycles. The van der Waals surface area contributed by atoms with Crippen molar-refractivity contribution in [2.75, 3.05) is 26.4 Å². The van der Waals surface area contributed by atoms with Gasteiger partial charge in [-0.3, -0.25) is 0 Å². The van der Waals surface area contributed by atoms with Crippen LogP contribution in [0.3, 0.4) is 0 Å². The normalized spacial score (nSPS) is 19.1. The molecule has 33 heavy (non-hydrogen) atoms. The molecule has 0 saturated carbocycles. The van der Waals surface area contributed by atoms with Gasteiger partial charge in [-0.25, -0.2) is 4.39 Å². The number of aliphatic hydroxyl groups excluding tert-OH is 2. The van der Waals surface area contributed by atoms with Crippen LogP contribution in [-0.4, -0.2) is 52.9 Å². The quantitative estimate of drug-likeness (QED) is 0.508. The van der Waals surface area contributed by atoms with E-state index in [4.69, 9.17) is 19.1 Å². The highest BCUT2D eigenvalue weighted by atomic mass is 19.1. The summed E-state index contributed by atoms with van der Waals surface area (Å²) in [6.45, 7) is 4.74. The molecule has 0 spiro atoms. The van der Waals surface area contributed by atoms with Crippen molar-refractivity contribution in [3.8, 4) is 17.1 Å². The van der Waals surface area contributed by atoms with Gasteiger partial charge in [0.1, 0.15) is 24.3 Å². The second kappa shape index (κ2) is 9.99. The third-order valence-corrected chi connectivity index (χ3v) is 6.19. The molecule has 0 amide bonds. The molecule has 3 aromatic rings. The van der Waals surface area contributed by atoms with E-state index in [1.54, 1.807) is 0 Å². The molecule has 1 saturated heterocycles. The predicted molar refractivity (Wildman–Crippen MR) is 120 cm³/mol. The fourth-order valence-electron chi connectivity index (χ4n) is 4.34. The van der Waals surface area contributed by atoms with Crippen molar-refractivity contribution in [1.29, 1.82) is 0 Å². The zero-order valence-electron chi connectivity index (χ0n) is 18.9. The summed E-state index contributed by atoms with van der Waals surface area (Å²) in [5, 5.41) is 22.7. The number of aryl methyl sites for hydroxylation is 3. The number of hydrogen-bond donors (Lipinski definition) is 2. The number of benzene rings is 2. The van der Waals surface area contributed by atoms with Crippen LogP contribution >= 0.6 is 0 Å². The van der Waals surface area contributed by atoms with Crippen molar-refractivity contribution in [2.24, 2.45) is 0 Å². The Hall–Kier alpha value is -2.81. The summed E-state index contributed by atoms with van der Waals surface area (Å²) in [6.07, 6.45) is 1.29. The van der Waals surface area contributed by atoms with Crippen LogP contribution in [0.4, 0.5) is 4.39 Å². The minimum Gasteiger partial charge on any atom is -0.490 e. The third-order valence-electron chi connectivity index (χ3n) is 6.19. The minimum absolute atomic E-state index is 0.0173. The summed E-state index contributed by atoms with van der Waals surface area (Å²) >= 11 is 0. The van der Waals surface area contributed by atoms with Gasteiger partial charge in [0.2, 0.25) is 11.7 Å². The predicted octanol–water partition coefficient (Wildman–Crippen LogP) is 3.52. The zero-order chi connectivity index (χ0) is 23.4. The van der Waals surface area contributed by atoms with Crippen molar-refractivity contribution in [1.82, 2.24) is 10.1 Å². The molecule has 2 atom stereocenters. The Balaban J connectivity index is 1.47. The van der Waals surface area contributed by atoms with E-state index in [1.807, 2.05) is 38.1 Å². The largest absolute Gasteiger partial charge is 0.490 e. The molecular formula is C25H29FN2O5. The van der Waals surface area contributed by atoms with Gasteiger partial charge < -0.3 is 24.2 Å². The van der Waals surface area contributed by atoms with E-state index in [0.29, 0.717) is 37.1 Å². The number of rotatable bonds is 9. The van der Waals surface area contributed by atoms with Gasteiger partial charge in [0.15, 0.2) is 0 Å². The van der Waals surface area contributed by atoms with E-state index in [-0.39, 0.29) is 24.4 Å². The highest BCUT2D eigenvalue weighted by Gasteiger charge is 2.37. The first-order chi connectivity index (χ1) is 15.9. The highest BCUT2D eigenvalue weighted by molar-refractivity contribution is 5.61. The standard InChI is InChI=1S/C25H29FN2O5/c1-16-11-18(12-17(2)23(16)32-14-21(30)13-29)24-27-22(33-28-24)7-8-25(9-10-31-15-25)19-3-5-20(26)6-4-19/h3-6,11-12,21,29-30H,7-10,13-15H2,1-2H3/t21-,25?/m0/s1. The number of hydrogen-bond acceptors (Lipinski definition) is 7. The molecule has 0 radical (unpaired) electrons.